The number of anilines is 2. The van der Waals surface area contributed by atoms with Gasteiger partial charge in [-0.3, -0.25) is 14.5 Å². The van der Waals surface area contributed by atoms with Gasteiger partial charge in [0.05, 0.1) is 31.9 Å². The van der Waals surface area contributed by atoms with E-state index >= 15 is 0 Å². The van der Waals surface area contributed by atoms with E-state index in [-0.39, 0.29) is 11.6 Å². The first-order valence-electron chi connectivity index (χ1n) is 10.4. The molecule has 1 fully saturated rings. The number of alkyl halides is 3. The molecule has 1 saturated heterocycles. The van der Waals surface area contributed by atoms with Gasteiger partial charge in [-0.2, -0.15) is 13.2 Å². The van der Waals surface area contributed by atoms with Gasteiger partial charge in [0.25, 0.3) is 11.8 Å². The van der Waals surface area contributed by atoms with Gasteiger partial charge in [0.15, 0.2) is 10.9 Å². The number of hydrogen-bond donors (Lipinski definition) is 1. The van der Waals surface area contributed by atoms with Crippen molar-refractivity contribution in [1.29, 1.82) is 0 Å². The molecule has 0 unspecified atom stereocenters. The second kappa shape index (κ2) is 11.1. The molecule has 1 heterocycles. The van der Waals surface area contributed by atoms with E-state index in [2.05, 4.69) is 5.32 Å². The molecule has 2 amide bonds. The number of nitrogens with one attached hydrogen (secondary N) is 1. The number of thioether (sulfide) groups is 1. The zero-order valence-electron chi connectivity index (χ0n) is 18.5. The standard InChI is InChI=1S/C25H15Cl2F3N2O3S2/c26-18-10-7-15(12-19(18)27)32-23(34)21(37-24(32)36)11-14-5-8-16(9-6-14)35-13-22(33)31-20-4-2-1-3-17(20)25(28,29)30/h1-12H,13H2,(H,31,33)/b21-11-. The van der Waals surface area contributed by atoms with E-state index in [9.17, 15) is 22.8 Å². The summed E-state index contributed by atoms with van der Waals surface area (Å²) in [7, 11) is 0. The summed E-state index contributed by atoms with van der Waals surface area (Å²) in [4.78, 5) is 26.8. The number of thiocarbonyl (C=S) groups is 1. The minimum Gasteiger partial charge on any atom is -0.484 e. The fourth-order valence-electron chi connectivity index (χ4n) is 3.30. The molecule has 0 radical (unpaired) electrons. The molecule has 0 spiro atoms. The highest BCUT2D eigenvalue weighted by Gasteiger charge is 2.34. The van der Waals surface area contributed by atoms with Gasteiger partial charge in [-0.1, -0.05) is 71.4 Å². The Labute approximate surface area is 229 Å². The van der Waals surface area contributed by atoms with E-state index < -0.39 is 24.3 Å². The van der Waals surface area contributed by atoms with Gasteiger partial charge >= 0.3 is 6.18 Å². The lowest BCUT2D eigenvalue weighted by molar-refractivity contribution is -0.137. The predicted octanol–water partition coefficient (Wildman–Crippen LogP) is 7.44. The zero-order chi connectivity index (χ0) is 26.7. The third-order valence-corrected chi connectivity index (χ3v) is 7.05. The molecule has 12 heteroatoms. The highest BCUT2D eigenvalue weighted by Crippen LogP contribution is 2.38. The molecular formula is C25H15Cl2F3N2O3S2. The highest BCUT2D eigenvalue weighted by atomic mass is 35.5. The Hall–Kier alpha value is -3.05. The fourth-order valence-corrected chi connectivity index (χ4v) is 4.89. The maximum Gasteiger partial charge on any atom is 0.418 e. The number of hydrogen-bond acceptors (Lipinski definition) is 5. The number of ether oxygens (including phenoxy) is 1. The van der Waals surface area contributed by atoms with Crippen LogP contribution in [0.25, 0.3) is 6.08 Å². The SMILES string of the molecule is O=C(COc1ccc(/C=C2\SC(=S)N(c3ccc(Cl)c(Cl)c3)C2=O)cc1)Nc1ccccc1C(F)(F)F. The van der Waals surface area contributed by atoms with Crippen LogP contribution in [0.15, 0.2) is 71.6 Å². The number of rotatable bonds is 6. The molecule has 3 aromatic carbocycles. The second-order valence-corrected chi connectivity index (χ2v) is 10.1. The van der Waals surface area contributed by atoms with Crippen LogP contribution < -0.4 is 15.0 Å². The van der Waals surface area contributed by atoms with Crippen molar-refractivity contribution < 1.29 is 27.5 Å². The molecule has 4 rings (SSSR count). The molecule has 0 bridgehead atoms. The molecule has 1 aliphatic rings. The molecule has 5 nitrogen and oxygen atoms in total. The van der Waals surface area contributed by atoms with Crippen LogP contribution in [0.4, 0.5) is 24.5 Å². The maximum absolute atomic E-state index is 13.1. The van der Waals surface area contributed by atoms with Crippen molar-refractivity contribution in [2.75, 3.05) is 16.8 Å². The van der Waals surface area contributed by atoms with Crippen molar-refractivity contribution in [1.82, 2.24) is 0 Å². The van der Waals surface area contributed by atoms with Gasteiger partial charge in [-0.15, -0.1) is 0 Å². The summed E-state index contributed by atoms with van der Waals surface area (Å²) in [6.07, 6.45) is -2.95. The summed E-state index contributed by atoms with van der Waals surface area (Å²) in [5.74, 6) is -0.740. The van der Waals surface area contributed by atoms with Gasteiger partial charge in [0.1, 0.15) is 5.75 Å². The number of benzene rings is 3. The molecule has 0 aromatic heterocycles. The Balaban J connectivity index is 1.38. The van der Waals surface area contributed by atoms with Crippen LogP contribution >= 0.6 is 47.2 Å². The summed E-state index contributed by atoms with van der Waals surface area (Å²) < 4.78 is 45.0. The third kappa shape index (κ3) is 6.45. The normalized spacial score (nSPS) is 14.8. The van der Waals surface area contributed by atoms with E-state index in [1.54, 1.807) is 48.5 Å². The first-order chi connectivity index (χ1) is 17.5. The summed E-state index contributed by atoms with van der Waals surface area (Å²) in [5, 5.41) is 2.87. The molecule has 190 valence electrons. The van der Waals surface area contributed by atoms with Gasteiger partial charge in [0.2, 0.25) is 0 Å². The van der Waals surface area contributed by atoms with Crippen LogP contribution in [-0.2, 0) is 15.8 Å². The maximum atomic E-state index is 13.1. The van der Waals surface area contributed by atoms with Crippen LogP contribution in [-0.4, -0.2) is 22.7 Å². The van der Waals surface area contributed by atoms with E-state index in [1.165, 1.54) is 23.1 Å². The number of para-hydroxylation sites is 1. The van der Waals surface area contributed by atoms with Gasteiger partial charge in [-0.05, 0) is 54.1 Å². The quantitative estimate of drug-likeness (QED) is 0.242. The van der Waals surface area contributed by atoms with Crippen molar-refractivity contribution in [2.45, 2.75) is 6.18 Å². The molecule has 0 atom stereocenters. The average molecular weight is 583 g/mol. The van der Waals surface area contributed by atoms with E-state index in [1.807, 2.05) is 0 Å². The molecule has 1 N–H and O–H groups in total. The van der Waals surface area contributed by atoms with Gasteiger partial charge < -0.3 is 10.1 Å². The van der Waals surface area contributed by atoms with Gasteiger partial charge in [-0.25, -0.2) is 0 Å². The van der Waals surface area contributed by atoms with Crippen molar-refractivity contribution in [2.24, 2.45) is 0 Å². The molecule has 0 saturated carbocycles. The van der Waals surface area contributed by atoms with Crippen LogP contribution in [0.1, 0.15) is 11.1 Å². The summed E-state index contributed by atoms with van der Waals surface area (Å²) in [5.41, 5.74) is -0.125. The van der Waals surface area contributed by atoms with E-state index in [0.29, 0.717) is 36.3 Å². The monoisotopic (exact) mass is 582 g/mol. The highest BCUT2D eigenvalue weighted by molar-refractivity contribution is 8.27. The van der Waals surface area contributed by atoms with Crippen molar-refractivity contribution in [3.63, 3.8) is 0 Å². The average Bonchev–Trinajstić information content (AvgIpc) is 3.12. The summed E-state index contributed by atoms with van der Waals surface area (Å²) >= 11 is 18.5. The van der Waals surface area contributed by atoms with Crippen molar-refractivity contribution >= 4 is 80.8 Å². The first kappa shape index (κ1) is 27.0. The Morgan fingerprint density at radius 1 is 1.05 bits per heavy atom. The predicted molar refractivity (Wildman–Crippen MR) is 144 cm³/mol. The lowest BCUT2D eigenvalue weighted by Gasteiger charge is -2.15. The smallest absolute Gasteiger partial charge is 0.418 e. The molecule has 0 aliphatic carbocycles. The number of amides is 2. The van der Waals surface area contributed by atoms with Crippen LogP contribution in [0.2, 0.25) is 10.0 Å². The lowest BCUT2D eigenvalue weighted by atomic mass is 10.1. The number of carbonyl (C=O) groups is 2. The minimum atomic E-state index is -4.60. The van der Waals surface area contributed by atoms with E-state index in [4.69, 9.17) is 40.2 Å². The van der Waals surface area contributed by atoms with Crippen LogP contribution in [0.5, 0.6) is 5.75 Å². The van der Waals surface area contributed by atoms with Crippen LogP contribution in [0.3, 0.4) is 0 Å². The third-order valence-electron chi connectivity index (χ3n) is 5.01. The molecule has 3 aromatic rings. The zero-order valence-corrected chi connectivity index (χ0v) is 21.7. The first-order valence-corrected chi connectivity index (χ1v) is 12.4. The van der Waals surface area contributed by atoms with Crippen molar-refractivity contribution in [3.8, 4) is 5.75 Å². The molecular weight excluding hydrogens is 568 g/mol. The fraction of sp³-hybridized carbons (Fsp3) is 0.0800. The van der Waals surface area contributed by atoms with Crippen LogP contribution in [0, 0.1) is 0 Å². The Bertz CT molecular complexity index is 1410. The van der Waals surface area contributed by atoms with Gasteiger partial charge in [0, 0.05) is 0 Å². The minimum absolute atomic E-state index is 0.297. The molecule has 1 aliphatic heterocycles. The van der Waals surface area contributed by atoms with Crippen molar-refractivity contribution in [3.05, 3.63) is 92.8 Å². The Kier molecular flexibility index (Phi) is 8.13. The van der Waals surface area contributed by atoms with E-state index in [0.717, 1.165) is 17.8 Å². The number of nitrogens with zero attached hydrogens (tertiary/aromatic N) is 1. The molecule has 37 heavy (non-hydrogen) atoms. The Morgan fingerprint density at radius 3 is 2.43 bits per heavy atom. The topological polar surface area (TPSA) is 58.6 Å². The summed E-state index contributed by atoms with van der Waals surface area (Å²) in [6, 6.07) is 15.9. The number of carbonyl (C=O) groups excluding carboxylic acids is 2. The largest absolute Gasteiger partial charge is 0.484 e. The summed E-state index contributed by atoms with van der Waals surface area (Å²) in [6.45, 7) is -0.492. The Morgan fingerprint density at radius 2 is 1.76 bits per heavy atom. The second-order valence-electron chi connectivity index (χ2n) is 7.56. The lowest BCUT2D eigenvalue weighted by Crippen LogP contribution is -2.27. The number of halogens is 5.